The lowest BCUT2D eigenvalue weighted by Gasteiger charge is -2.44. The minimum atomic E-state index is 0.00838. The van der Waals surface area contributed by atoms with Crippen molar-refractivity contribution in [2.24, 2.45) is 0 Å². The first-order chi connectivity index (χ1) is 10.1. The third-order valence-electron chi connectivity index (χ3n) is 3.52. The summed E-state index contributed by atoms with van der Waals surface area (Å²) in [6, 6.07) is 3.84. The van der Waals surface area contributed by atoms with Crippen molar-refractivity contribution < 1.29 is 9.47 Å². The minimum absolute atomic E-state index is 0.00838. The Labute approximate surface area is 144 Å². The van der Waals surface area contributed by atoms with Crippen molar-refractivity contribution in [3.8, 4) is 5.75 Å². The van der Waals surface area contributed by atoms with E-state index in [0.29, 0.717) is 28.4 Å². The lowest BCUT2D eigenvalue weighted by molar-refractivity contribution is -0.104. The number of rotatable bonds is 7. The predicted molar refractivity (Wildman–Crippen MR) is 90.7 cm³/mol. The van der Waals surface area contributed by atoms with Crippen molar-refractivity contribution in [2.45, 2.75) is 44.9 Å². The van der Waals surface area contributed by atoms with Crippen LogP contribution in [0.3, 0.4) is 0 Å². The standard InChI is InChI=1S/C15H20BrCl2NO2/c1-3-5-19-12-8-14(15(12)20-4-2)21-13-7-10(17)9(16)6-11(13)18/h6-7,12,14-15,19H,3-5,8H2,1-2H3. The molecular formula is C15H20BrCl2NO2. The van der Waals surface area contributed by atoms with Crippen molar-refractivity contribution in [1.29, 1.82) is 0 Å². The quantitative estimate of drug-likeness (QED) is 0.678. The van der Waals surface area contributed by atoms with Crippen molar-refractivity contribution >= 4 is 39.1 Å². The first kappa shape index (κ1) is 17.4. The second-order valence-corrected chi connectivity index (χ2v) is 6.74. The Morgan fingerprint density at radius 2 is 2.05 bits per heavy atom. The van der Waals surface area contributed by atoms with E-state index in [1.165, 1.54) is 0 Å². The van der Waals surface area contributed by atoms with Gasteiger partial charge in [-0.2, -0.15) is 0 Å². The second kappa shape index (κ2) is 8.02. The van der Waals surface area contributed by atoms with Gasteiger partial charge in [-0.15, -0.1) is 0 Å². The Bertz CT molecular complexity index is 487. The van der Waals surface area contributed by atoms with Gasteiger partial charge in [0.25, 0.3) is 0 Å². The average Bonchev–Trinajstić information content (AvgIpc) is 2.44. The number of nitrogens with one attached hydrogen (secondary N) is 1. The molecule has 0 bridgehead atoms. The SMILES string of the molecule is CCCNC1CC(Oc2cc(Cl)c(Br)cc2Cl)C1OCC. The zero-order valence-electron chi connectivity index (χ0n) is 12.2. The molecule has 1 aliphatic carbocycles. The summed E-state index contributed by atoms with van der Waals surface area (Å²) in [5, 5.41) is 4.62. The first-order valence-electron chi connectivity index (χ1n) is 7.23. The van der Waals surface area contributed by atoms with E-state index in [1.54, 1.807) is 12.1 Å². The van der Waals surface area contributed by atoms with Gasteiger partial charge in [0.2, 0.25) is 0 Å². The summed E-state index contributed by atoms with van der Waals surface area (Å²) in [6.45, 7) is 5.81. The molecule has 6 heteroatoms. The monoisotopic (exact) mass is 395 g/mol. The summed E-state index contributed by atoms with van der Waals surface area (Å²) >= 11 is 15.6. The van der Waals surface area contributed by atoms with Crippen molar-refractivity contribution in [1.82, 2.24) is 5.32 Å². The smallest absolute Gasteiger partial charge is 0.140 e. The van der Waals surface area contributed by atoms with Gasteiger partial charge in [-0.1, -0.05) is 30.1 Å². The van der Waals surface area contributed by atoms with Crippen molar-refractivity contribution in [2.75, 3.05) is 13.2 Å². The van der Waals surface area contributed by atoms with E-state index in [9.17, 15) is 0 Å². The van der Waals surface area contributed by atoms with E-state index >= 15 is 0 Å². The summed E-state index contributed by atoms with van der Waals surface area (Å²) in [6.07, 6.45) is 2.08. The maximum Gasteiger partial charge on any atom is 0.140 e. The molecule has 2 rings (SSSR count). The number of halogens is 3. The Balaban J connectivity index is 2.01. The fourth-order valence-corrected chi connectivity index (χ4v) is 3.24. The van der Waals surface area contributed by atoms with Gasteiger partial charge in [0.05, 0.1) is 10.0 Å². The highest BCUT2D eigenvalue weighted by Crippen LogP contribution is 2.37. The normalized spacial score (nSPS) is 24.7. The highest BCUT2D eigenvalue weighted by molar-refractivity contribution is 9.10. The number of hydrogen-bond donors (Lipinski definition) is 1. The number of benzene rings is 1. The summed E-state index contributed by atoms with van der Waals surface area (Å²) < 4.78 is 12.5. The van der Waals surface area contributed by atoms with Crippen LogP contribution in [0.4, 0.5) is 0 Å². The van der Waals surface area contributed by atoms with Crippen LogP contribution in [0.2, 0.25) is 10.0 Å². The van der Waals surface area contributed by atoms with E-state index < -0.39 is 0 Å². The van der Waals surface area contributed by atoms with Crippen LogP contribution in [0, 0.1) is 0 Å². The van der Waals surface area contributed by atoms with Gasteiger partial charge in [-0.05, 0) is 41.9 Å². The van der Waals surface area contributed by atoms with Gasteiger partial charge in [0, 0.05) is 29.6 Å². The molecule has 3 atom stereocenters. The molecular weight excluding hydrogens is 377 g/mol. The molecule has 0 radical (unpaired) electrons. The Kier molecular flexibility index (Phi) is 6.63. The van der Waals surface area contributed by atoms with E-state index in [-0.39, 0.29) is 12.2 Å². The van der Waals surface area contributed by atoms with Gasteiger partial charge in [-0.25, -0.2) is 0 Å². The third-order valence-corrected chi connectivity index (χ3v) is 5.01. The van der Waals surface area contributed by atoms with Gasteiger partial charge in [-0.3, -0.25) is 0 Å². The maximum atomic E-state index is 6.20. The first-order valence-corrected chi connectivity index (χ1v) is 8.77. The highest BCUT2D eigenvalue weighted by atomic mass is 79.9. The van der Waals surface area contributed by atoms with E-state index in [0.717, 1.165) is 23.9 Å². The number of ether oxygens (including phenoxy) is 2. The van der Waals surface area contributed by atoms with Crippen molar-refractivity contribution in [3.05, 3.63) is 26.7 Å². The summed E-state index contributed by atoms with van der Waals surface area (Å²) in [4.78, 5) is 0. The number of hydrogen-bond acceptors (Lipinski definition) is 3. The van der Waals surface area contributed by atoms with E-state index in [2.05, 4.69) is 28.2 Å². The fraction of sp³-hybridized carbons (Fsp3) is 0.600. The zero-order valence-corrected chi connectivity index (χ0v) is 15.3. The molecule has 1 saturated carbocycles. The van der Waals surface area contributed by atoms with E-state index in [1.807, 2.05) is 6.92 Å². The molecule has 0 spiro atoms. The molecule has 0 amide bonds. The highest BCUT2D eigenvalue weighted by Gasteiger charge is 2.43. The van der Waals surface area contributed by atoms with Gasteiger partial charge >= 0.3 is 0 Å². The fourth-order valence-electron chi connectivity index (χ4n) is 2.40. The van der Waals surface area contributed by atoms with Gasteiger partial charge in [0.1, 0.15) is 18.0 Å². The van der Waals surface area contributed by atoms with Crippen LogP contribution in [-0.4, -0.2) is 31.4 Å². The molecule has 1 fully saturated rings. The molecule has 21 heavy (non-hydrogen) atoms. The molecule has 1 aliphatic rings. The van der Waals surface area contributed by atoms with Crippen LogP contribution in [0.25, 0.3) is 0 Å². The topological polar surface area (TPSA) is 30.5 Å². The summed E-state index contributed by atoms with van der Waals surface area (Å²) in [5.74, 6) is 0.605. The summed E-state index contributed by atoms with van der Waals surface area (Å²) in [7, 11) is 0. The zero-order chi connectivity index (χ0) is 15.4. The summed E-state index contributed by atoms with van der Waals surface area (Å²) in [5.41, 5.74) is 0. The molecule has 0 aromatic heterocycles. The third kappa shape index (κ3) is 4.26. The van der Waals surface area contributed by atoms with Crippen LogP contribution in [0.1, 0.15) is 26.7 Å². The molecule has 1 N–H and O–H groups in total. The van der Waals surface area contributed by atoms with Crippen LogP contribution in [-0.2, 0) is 4.74 Å². The largest absolute Gasteiger partial charge is 0.486 e. The van der Waals surface area contributed by atoms with Gasteiger partial charge < -0.3 is 14.8 Å². The Morgan fingerprint density at radius 3 is 2.71 bits per heavy atom. The Morgan fingerprint density at radius 1 is 1.29 bits per heavy atom. The molecule has 0 heterocycles. The molecule has 0 aliphatic heterocycles. The lowest BCUT2D eigenvalue weighted by atomic mass is 9.85. The van der Waals surface area contributed by atoms with E-state index in [4.69, 9.17) is 32.7 Å². The molecule has 1 aromatic carbocycles. The van der Waals surface area contributed by atoms with Crippen LogP contribution in [0.5, 0.6) is 5.75 Å². The lowest BCUT2D eigenvalue weighted by Crippen LogP contribution is -2.61. The maximum absolute atomic E-state index is 6.20. The Hall–Kier alpha value is -0.0000000000000000763. The molecule has 3 unspecified atom stereocenters. The molecule has 118 valence electrons. The predicted octanol–water partition coefficient (Wildman–Crippen LogP) is 4.68. The van der Waals surface area contributed by atoms with Crippen molar-refractivity contribution in [3.63, 3.8) is 0 Å². The molecule has 3 nitrogen and oxygen atoms in total. The molecule has 1 aromatic rings. The minimum Gasteiger partial charge on any atom is -0.486 e. The average molecular weight is 397 g/mol. The van der Waals surface area contributed by atoms with Crippen LogP contribution >= 0.6 is 39.1 Å². The van der Waals surface area contributed by atoms with Crippen LogP contribution in [0.15, 0.2) is 16.6 Å². The second-order valence-electron chi connectivity index (χ2n) is 5.07. The molecule has 0 saturated heterocycles. The van der Waals surface area contributed by atoms with Crippen LogP contribution < -0.4 is 10.1 Å². The van der Waals surface area contributed by atoms with Gasteiger partial charge in [0.15, 0.2) is 0 Å².